The molecule has 1 aliphatic heterocycles. The van der Waals surface area contributed by atoms with Crippen molar-refractivity contribution in [1.82, 2.24) is 9.47 Å². The second-order valence-corrected chi connectivity index (χ2v) is 8.66. The van der Waals surface area contributed by atoms with E-state index in [1.807, 2.05) is 54.2 Å². The van der Waals surface area contributed by atoms with Crippen molar-refractivity contribution in [1.29, 1.82) is 0 Å². The van der Waals surface area contributed by atoms with E-state index in [-0.39, 0.29) is 16.8 Å². The van der Waals surface area contributed by atoms with Crippen LogP contribution in [0.4, 0.5) is 10.1 Å². The molecule has 2 atom stereocenters. The Labute approximate surface area is 195 Å². The number of nitrogens with zero attached hydrogens (tertiary/aromatic N) is 2. The number of likely N-dealkylation sites (N-methyl/N-ethyl adjacent to an activating group) is 1. The summed E-state index contributed by atoms with van der Waals surface area (Å²) >= 11 is 5.92. The standard InChI is InChI=1S/C26H21ClFN3O2/c1-30-14-19(16-7-5-6-10-22(16)30)24-23(17-8-3-4-9-18(17)26(33)31(24)2)25(32)29-15-11-12-21(28)20(27)13-15/h3-14,23-24H,1-2H3,(H,29,32)/t23-,24+/m0/s1. The van der Waals surface area contributed by atoms with E-state index in [0.717, 1.165) is 16.5 Å². The molecule has 4 aromatic rings. The fourth-order valence-corrected chi connectivity index (χ4v) is 4.93. The lowest BCUT2D eigenvalue weighted by Crippen LogP contribution is -2.44. The lowest BCUT2D eigenvalue weighted by atomic mass is 9.79. The van der Waals surface area contributed by atoms with Crippen molar-refractivity contribution in [2.75, 3.05) is 12.4 Å². The number of benzene rings is 3. The SMILES string of the molecule is CN1C(=O)c2ccccc2[C@H](C(=O)Nc2ccc(F)c(Cl)c2)[C@H]1c1cn(C)c2ccccc12. The quantitative estimate of drug-likeness (QED) is 0.436. The predicted octanol–water partition coefficient (Wildman–Crippen LogP) is 5.52. The van der Waals surface area contributed by atoms with Gasteiger partial charge in [-0.15, -0.1) is 0 Å². The van der Waals surface area contributed by atoms with Gasteiger partial charge in [0.05, 0.1) is 17.0 Å². The van der Waals surface area contributed by atoms with E-state index in [9.17, 15) is 14.0 Å². The van der Waals surface area contributed by atoms with Crippen LogP contribution in [0.2, 0.25) is 5.02 Å². The van der Waals surface area contributed by atoms with Crippen LogP contribution in [0.25, 0.3) is 10.9 Å². The maximum absolute atomic E-state index is 13.7. The van der Waals surface area contributed by atoms with E-state index in [0.29, 0.717) is 16.8 Å². The topological polar surface area (TPSA) is 54.3 Å². The zero-order chi connectivity index (χ0) is 23.3. The molecule has 1 N–H and O–H groups in total. The van der Waals surface area contributed by atoms with Crippen LogP contribution < -0.4 is 5.32 Å². The van der Waals surface area contributed by atoms with Crippen molar-refractivity contribution < 1.29 is 14.0 Å². The van der Waals surface area contributed by atoms with Crippen molar-refractivity contribution >= 4 is 40.0 Å². The number of fused-ring (bicyclic) bond motifs is 2. The molecule has 5 nitrogen and oxygen atoms in total. The maximum atomic E-state index is 13.7. The van der Waals surface area contributed by atoms with Crippen LogP contribution in [0.1, 0.15) is 33.4 Å². The number of rotatable bonds is 3. The molecule has 0 spiro atoms. The average molecular weight is 462 g/mol. The number of carbonyl (C=O) groups is 2. The molecule has 1 aliphatic rings. The first kappa shape index (κ1) is 21.2. The summed E-state index contributed by atoms with van der Waals surface area (Å²) in [7, 11) is 3.67. The number of anilines is 1. The minimum Gasteiger partial charge on any atom is -0.350 e. The fourth-order valence-electron chi connectivity index (χ4n) is 4.75. The molecule has 0 saturated carbocycles. The monoisotopic (exact) mass is 461 g/mol. The van der Waals surface area contributed by atoms with Gasteiger partial charge in [-0.3, -0.25) is 9.59 Å². The number of hydrogen-bond donors (Lipinski definition) is 1. The minimum atomic E-state index is -0.682. The third-order valence-corrected chi connectivity index (χ3v) is 6.59. The van der Waals surface area contributed by atoms with Crippen LogP contribution in [0.5, 0.6) is 0 Å². The van der Waals surface area contributed by atoms with Crippen molar-refractivity contribution in [2.45, 2.75) is 12.0 Å². The number of amides is 2. The Morgan fingerprint density at radius 3 is 2.52 bits per heavy atom. The van der Waals surface area contributed by atoms with Crippen molar-refractivity contribution in [3.63, 3.8) is 0 Å². The molecule has 3 aromatic carbocycles. The summed E-state index contributed by atoms with van der Waals surface area (Å²) in [5.41, 5.74) is 3.44. The van der Waals surface area contributed by atoms with E-state index in [1.165, 1.54) is 18.2 Å². The summed E-state index contributed by atoms with van der Waals surface area (Å²) in [6.45, 7) is 0. The Bertz CT molecular complexity index is 1410. The van der Waals surface area contributed by atoms with Gasteiger partial charge in [0.25, 0.3) is 5.91 Å². The molecule has 5 rings (SSSR count). The Hall–Kier alpha value is -3.64. The Morgan fingerprint density at radius 2 is 1.73 bits per heavy atom. The molecular weight excluding hydrogens is 441 g/mol. The van der Waals surface area contributed by atoms with Crippen molar-refractivity contribution in [3.05, 3.63) is 100 Å². The van der Waals surface area contributed by atoms with E-state index in [4.69, 9.17) is 11.6 Å². The van der Waals surface area contributed by atoms with E-state index >= 15 is 0 Å². The highest BCUT2D eigenvalue weighted by Crippen LogP contribution is 2.44. The van der Waals surface area contributed by atoms with Gasteiger partial charge in [0, 0.05) is 48.0 Å². The zero-order valence-corrected chi connectivity index (χ0v) is 18.8. The molecule has 2 heterocycles. The summed E-state index contributed by atoms with van der Waals surface area (Å²) in [6, 6.07) is 18.6. The van der Waals surface area contributed by atoms with Crippen LogP contribution in [0.15, 0.2) is 72.9 Å². The van der Waals surface area contributed by atoms with Gasteiger partial charge in [-0.25, -0.2) is 4.39 Å². The van der Waals surface area contributed by atoms with Gasteiger partial charge in [-0.1, -0.05) is 48.0 Å². The molecule has 0 aliphatic carbocycles. The van der Waals surface area contributed by atoms with E-state index in [1.54, 1.807) is 24.1 Å². The molecule has 0 unspecified atom stereocenters. The molecule has 0 bridgehead atoms. The number of para-hydroxylation sites is 1. The number of carbonyl (C=O) groups excluding carboxylic acids is 2. The molecule has 2 amide bonds. The van der Waals surface area contributed by atoms with Gasteiger partial charge in [-0.2, -0.15) is 0 Å². The average Bonchev–Trinajstić information content (AvgIpc) is 3.14. The number of aromatic nitrogens is 1. The van der Waals surface area contributed by atoms with Crippen LogP contribution in [0.3, 0.4) is 0 Å². The highest BCUT2D eigenvalue weighted by atomic mass is 35.5. The Kier molecular flexibility index (Phi) is 5.17. The van der Waals surface area contributed by atoms with Gasteiger partial charge >= 0.3 is 0 Å². The molecule has 33 heavy (non-hydrogen) atoms. The molecule has 1 aromatic heterocycles. The number of aryl methyl sites for hydroxylation is 1. The second kappa shape index (κ2) is 8.05. The van der Waals surface area contributed by atoms with Gasteiger partial charge in [0.1, 0.15) is 5.82 Å². The van der Waals surface area contributed by atoms with Crippen LogP contribution in [0, 0.1) is 5.82 Å². The highest BCUT2D eigenvalue weighted by Gasteiger charge is 2.43. The number of hydrogen-bond acceptors (Lipinski definition) is 2. The molecular formula is C26H21ClFN3O2. The van der Waals surface area contributed by atoms with Gasteiger partial charge in [0.15, 0.2) is 0 Å². The fraction of sp³-hybridized carbons (Fsp3) is 0.154. The first-order chi connectivity index (χ1) is 15.9. The maximum Gasteiger partial charge on any atom is 0.254 e. The predicted molar refractivity (Wildman–Crippen MR) is 127 cm³/mol. The summed E-state index contributed by atoms with van der Waals surface area (Å²) in [5.74, 6) is -1.69. The molecule has 0 saturated heterocycles. The van der Waals surface area contributed by atoms with Gasteiger partial charge in [-0.05, 0) is 35.9 Å². The zero-order valence-electron chi connectivity index (χ0n) is 18.0. The lowest BCUT2D eigenvalue weighted by molar-refractivity contribution is -0.119. The lowest BCUT2D eigenvalue weighted by Gasteiger charge is -2.39. The van der Waals surface area contributed by atoms with Gasteiger partial charge < -0.3 is 14.8 Å². The van der Waals surface area contributed by atoms with Crippen molar-refractivity contribution in [3.8, 4) is 0 Å². The first-order valence-electron chi connectivity index (χ1n) is 10.5. The van der Waals surface area contributed by atoms with E-state index in [2.05, 4.69) is 5.32 Å². The third kappa shape index (κ3) is 3.47. The summed E-state index contributed by atoms with van der Waals surface area (Å²) in [5, 5.41) is 3.78. The molecule has 0 fully saturated rings. The van der Waals surface area contributed by atoms with Crippen LogP contribution in [-0.4, -0.2) is 28.3 Å². The smallest absolute Gasteiger partial charge is 0.254 e. The van der Waals surface area contributed by atoms with Crippen LogP contribution in [-0.2, 0) is 11.8 Å². The highest BCUT2D eigenvalue weighted by molar-refractivity contribution is 6.31. The van der Waals surface area contributed by atoms with Gasteiger partial charge in [0.2, 0.25) is 5.91 Å². The molecule has 166 valence electrons. The molecule has 0 radical (unpaired) electrons. The minimum absolute atomic E-state index is 0.0743. The largest absolute Gasteiger partial charge is 0.350 e. The van der Waals surface area contributed by atoms with Crippen LogP contribution >= 0.6 is 11.6 Å². The Morgan fingerprint density at radius 1 is 1.00 bits per heavy atom. The Balaban J connectivity index is 1.66. The molecule has 7 heteroatoms. The summed E-state index contributed by atoms with van der Waals surface area (Å²) in [6.07, 6.45) is 1.97. The number of halogens is 2. The summed E-state index contributed by atoms with van der Waals surface area (Å²) in [4.78, 5) is 28.6. The number of nitrogens with one attached hydrogen (secondary N) is 1. The summed E-state index contributed by atoms with van der Waals surface area (Å²) < 4.78 is 15.6. The van der Waals surface area contributed by atoms with Crippen molar-refractivity contribution in [2.24, 2.45) is 7.05 Å². The second-order valence-electron chi connectivity index (χ2n) is 8.26. The first-order valence-corrected chi connectivity index (χ1v) is 10.9. The van der Waals surface area contributed by atoms with E-state index < -0.39 is 17.8 Å². The third-order valence-electron chi connectivity index (χ3n) is 6.30. The normalized spacial score (nSPS) is 17.8.